The molecule has 9 atom stereocenters. The normalized spacial score (nSPS) is 45.4. The fourth-order valence-corrected chi connectivity index (χ4v) is 11.8. The summed E-state index contributed by atoms with van der Waals surface area (Å²) in [7, 11) is -4.96. The predicted molar refractivity (Wildman–Crippen MR) is 142 cm³/mol. The van der Waals surface area contributed by atoms with E-state index < -0.39 is 29.0 Å². The van der Waals surface area contributed by atoms with Crippen molar-refractivity contribution >= 4 is 22.0 Å². The smallest absolute Gasteiger partial charge is 0.726 e. The first-order valence-electron chi connectivity index (χ1n) is 14.9. The maximum Gasteiger partial charge on any atom is 1.00 e. The van der Waals surface area contributed by atoms with Crippen LogP contribution < -0.4 is 29.6 Å². The third kappa shape index (κ3) is 4.60. The Hall–Kier alpha value is 0.170. The third-order valence-corrected chi connectivity index (χ3v) is 13.6. The van der Waals surface area contributed by atoms with Gasteiger partial charge < -0.3 is 9.66 Å². The van der Waals surface area contributed by atoms with Crippen molar-refractivity contribution in [1.82, 2.24) is 0 Å². The summed E-state index contributed by atoms with van der Waals surface area (Å²) in [5.74, 6) is 1.86. The molecule has 0 aromatic heterocycles. The number of hydrogen-bond donors (Lipinski definition) is 1. The first-order valence-corrected chi connectivity index (χ1v) is 16.2. The van der Waals surface area contributed by atoms with Crippen LogP contribution in [0.3, 0.4) is 0 Å². The first kappa shape index (κ1) is 32.1. The molecule has 9 heteroatoms. The van der Waals surface area contributed by atoms with Crippen molar-refractivity contribution in [2.45, 2.75) is 105 Å². The predicted octanol–water partition coefficient (Wildman–Crippen LogP) is 2.07. The Bertz CT molecular complexity index is 1110. The van der Waals surface area contributed by atoms with E-state index in [0.29, 0.717) is 48.7 Å². The summed E-state index contributed by atoms with van der Waals surface area (Å²) in [6, 6.07) is 0. The maximum absolute atomic E-state index is 13.2. The van der Waals surface area contributed by atoms with E-state index in [1.54, 1.807) is 0 Å². The Morgan fingerprint density at radius 3 is 2.26 bits per heavy atom. The van der Waals surface area contributed by atoms with Gasteiger partial charge in [0.2, 0.25) is 10.4 Å². The van der Waals surface area contributed by atoms with E-state index in [-0.39, 0.29) is 62.9 Å². The number of carbonyl (C=O) groups is 2. The van der Waals surface area contributed by atoms with E-state index in [1.165, 1.54) is 0 Å². The van der Waals surface area contributed by atoms with Crippen molar-refractivity contribution in [2.75, 3.05) is 13.2 Å². The molecule has 2 spiro atoms. The van der Waals surface area contributed by atoms with Crippen molar-refractivity contribution in [3.63, 3.8) is 0 Å². The van der Waals surface area contributed by atoms with Crippen molar-refractivity contribution < 1.29 is 61.4 Å². The van der Waals surface area contributed by atoms with E-state index >= 15 is 0 Å². The molecule has 39 heavy (non-hydrogen) atoms. The topological polar surface area (TPSA) is 121 Å². The molecule has 5 aliphatic carbocycles. The van der Waals surface area contributed by atoms with Gasteiger partial charge in [-0.1, -0.05) is 34.6 Å². The zero-order valence-electron chi connectivity index (χ0n) is 24.9. The summed E-state index contributed by atoms with van der Waals surface area (Å²) in [6.45, 7) is 10.5. The van der Waals surface area contributed by atoms with Crippen LogP contribution in [0.25, 0.3) is 0 Å². The van der Waals surface area contributed by atoms with Crippen LogP contribution in [0.2, 0.25) is 0 Å². The van der Waals surface area contributed by atoms with Crippen molar-refractivity contribution in [1.29, 1.82) is 0 Å². The van der Waals surface area contributed by atoms with Crippen LogP contribution in [-0.2, 0) is 24.2 Å². The Kier molecular flexibility index (Phi) is 8.57. The Labute approximate surface area is 257 Å². The summed E-state index contributed by atoms with van der Waals surface area (Å²) in [4.78, 5) is 26.0. The molecule has 0 aromatic carbocycles. The molecule has 4 unspecified atom stereocenters. The van der Waals surface area contributed by atoms with Gasteiger partial charge in [0, 0.05) is 19.3 Å². The van der Waals surface area contributed by atoms with Gasteiger partial charge in [0.15, 0.2) is 0 Å². The zero-order valence-corrected chi connectivity index (χ0v) is 27.7. The quantitative estimate of drug-likeness (QED) is 0.254. The fourth-order valence-electron chi connectivity index (χ4n) is 11.4. The number of hydrogen-bond acceptors (Lipinski definition) is 7. The Morgan fingerprint density at radius 1 is 1.00 bits per heavy atom. The number of rotatable bonds is 9. The minimum Gasteiger partial charge on any atom is -0.726 e. The van der Waals surface area contributed by atoms with Gasteiger partial charge in [0.05, 0.1) is 18.6 Å². The minimum atomic E-state index is -4.96. The second-order valence-electron chi connectivity index (χ2n) is 14.9. The molecular formula is C30H47NaO7S. The van der Waals surface area contributed by atoms with E-state index in [1.807, 2.05) is 0 Å². The van der Waals surface area contributed by atoms with Gasteiger partial charge in [-0.25, -0.2) is 8.42 Å². The van der Waals surface area contributed by atoms with E-state index in [0.717, 1.165) is 51.4 Å². The molecule has 0 saturated heterocycles. The molecular weight excluding hydrogens is 527 g/mol. The molecule has 0 bridgehead atoms. The zero-order chi connectivity index (χ0) is 27.9. The third-order valence-electron chi connectivity index (χ3n) is 13.2. The molecule has 5 fully saturated rings. The van der Waals surface area contributed by atoms with Gasteiger partial charge >= 0.3 is 29.6 Å². The van der Waals surface area contributed by atoms with Crippen LogP contribution in [0.1, 0.15) is 105 Å². The van der Waals surface area contributed by atoms with Crippen LogP contribution >= 0.6 is 0 Å². The largest absolute Gasteiger partial charge is 1.00 e. The van der Waals surface area contributed by atoms with Crippen molar-refractivity contribution in [3.05, 3.63) is 0 Å². The van der Waals surface area contributed by atoms with E-state index in [4.69, 9.17) is 0 Å². The van der Waals surface area contributed by atoms with Crippen molar-refractivity contribution in [3.8, 4) is 0 Å². The summed E-state index contributed by atoms with van der Waals surface area (Å²) in [5, 5.41) is 10.5. The SMILES string of the molecule is CC(C)CC(=O)CC(C)[C@H]1CCC2(C)C3CCC4[C@](CO)(COS(=O)(=O)[O-])C(=O)CC[C@@]45C[C@@]35CC[C@]12C.[Na+]. The minimum absolute atomic E-state index is 0. The standard InChI is InChI=1S/C30H48O7S.Na/c1-19(2)14-21(32)15-20(3)22-8-10-27(5)23-6-7-24-28(17-31,18-37-38(34,35)36)25(33)9-11-29(24)16-30(23,29)13-12-26(22,27)4;/h19-20,22-24,31H,6-18H2,1-5H3,(H,34,35,36);/q;+1/p-1/t20?,22-,23?,24?,26-,27?,28+,29-,30+;/m1./s1. The molecule has 0 radical (unpaired) electrons. The first-order chi connectivity index (χ1) is 17.6. The average molecular weight is 575 g/mol. The Balaban J connectivity index is 0.00000353. The van der Waals surface area contributed by atoms with E-state index in [2.05, 4.69) is 38.8 Å². The molecule has 216 valence electrons. The van der Waals surface area contributed by atoms with E-state index in [9.17, 15) is 27.7 Å². The monoisotopic (exact) mass is 574 g/mol. The van der Waals surface area contributed by atoms with Crippen LogP contribution in [0, 0.1) is 56.7 Å². The molecule has 5 rings (SSSR count). The second-order valence-corrected chi connectivity index (χ2v) is 15.9. The Morgan fingerprint density at radius 2 is 1.64 bits per heavy atom. The number of fused-ring (bicyclic) bond motifs is 2. The fraction of sp³-hybridized carbons (Fsp3) is 0.933. The van der Waals surface area contributed by atoms with Gasteiger partial charge in [0.1, 0.15) is 11.6 Å². The van der Waals surface area contributed by atoms with Gasteiger partial charge in [-0.3, -0.25) is 13.8 Å². The number of Topliss-reactive ketones (excluding diaryl/α,β-unsaturated/α-hetero) is 2. The number of aliphatic hydroxyl groups is 1. The molecule has 5 saturated carbocycles. The maximum atomic E-state index is 13.2. The summed E-state index contributed by atoms with van der Waals surface area (Å²) in [5.41, 5.74) is -0.986. The second kappa shape index (κ2) is 10.4. The van der Waals surface area contributed by atoms with Gasteiger partial charge in [0.25, 0.3) is 0 Å². The number of aliphatic hydroxyl groups excluding tert-OH is 1. The molecule has 0 aromatic rings. The van der Waals surface area contributed by atoms with Gasteiger partial charge in [-0.2, -0.15) is 0 Å². The van der Waals surface area contributed by atoms with Crippen LogP contribution in [-0.4, -0.2) is 42.9 Å². The van der Waals surface area contributed by atoms with Gasteiger partial charge in [-0.05, 0) is 103 Å². The average Bonchev–Trinajstić information content (AvgIpc) is 3.40. The summed E-state index contributed by atoms with van der Waals surface area (Å²) in [6.07, 6.45) is 9.63. The van der Waals surface area contributed by atoms with Crippen molar-refractivity contribution in [2.24, 2.45) is 56.7 Å². The summed E-state index contributed by atoms with van der Waals surface area (Å²) < 4.78 is 38.7. The number of carbonyl (C=O) groups excluding carboxylic acids is 2. The van der Waals surface area contributed by atoms with Crippen LogP contribution in [0.5, 0.6) is 0 Å². The summed E-state index contributed by atoms with van der Waals surface area (Å²) >= 11 is 0. The molecule has 0 heterocycles. The molecule has 7 nitrogen and oxygen atoms in total. The molecule has 0 amide bonds. The number of ketones is 2. The molecule has 5 aliphatic rings. The molecule has 1 N–H and O–H groups in total. The van der Waals surface area contributed by atoms with Gasteiger partial charge in [-0.15, -0.1) is 0 Å². The van der Waals surface area contributed by atoms with Crippen LogP contribution in [0.4, 0.5) is 0 Å². The molecule has 0 aliphatic heterocycles. The van der Waals surface area contributed by atoms with Crippen LogP contribution in [0.15, 0.2) is 0 Å².